The minimum atomic E-state index is -2.02. The Morgan fingerprint density at radius 2 is 1.53 bits per heavy atom. The maximum Gasteiger partial charge on any atom is 0.236 e. The molecule has 1 amide bonds. The summed E-state index contributed by atoms with van der Waals surface area (Å²) in [5, 5.41) is 0.276. The summed E-state index contributed by atoms with van der Waals surface area (Å²) >= 11 is 0. The van der Waals surface area contributed by atoms with E-state index in [4.69, 9.17) is 8.85 Å². The number of rotatable bonds is 10. The Hall–Kier alpha value is -1.55. The Labute approximate surface area is 302 Å². The average Bonchev–Trinajstić information content (AvgIpc) is 3.70. The summed E-state index contributed by atoms with van der Waals surface area (Å²) in [5.74, 6) is 1.31. The van der Waals surface area contributed by atoms with Gasteiger partial charge in [-0.3, -0.25) is 9.59 Å². The van der Waals surface area contributed by atoms with Gasteiger partial charge in [0.15, 0.2) is 22.4 Å². The minimum Gasteiger partial charge on any atom is -0.413 e. The van der Waals surface area contributed by atoms with Crippen molar-refractivity contribution >= 4 is 28.3 Å². The van der Waals surface area contributed by atoms with E-state index in [-0.39, 0.29) is 39.4 Å². The molecule has 7 heteroatoms. The highest BCUT2D eigenvalue weighted by molar-refractivity contribution is 6.74. The van der Waals surface area contributed by atoms with Crippen molar-refractivity contribution < 1.29 is 18.4 Å². The number of carbonyl (C=O) groups is 2. The average molecular weight is 710 g/mol. The summed E-state index contributed by atoms with van der Waals surface area (Å²) in [7, 11) is -0.482. The van der Waals surface area contributed by atoms with Gasteiger partial charge in [-0.1, -0.05) is 85.8 Å². The van der Waals surface area contributed by atoms with Gasteiger partial charge >= 0.3 is 0 Å². The van der Waals surface area contributed by atoms with Gasteiger partial charge in [0.2, 0.25) is 5.91 Å². The highest BCUT2D eigenvalue weighted by Gasteiger charge is 2.56. The Bertz CT molecular complexity index is 1370. The van der Waals surface area contributed by atoms with Crippen molar-refractivity contribution in [3.63, 3.8) is 0 Å². The first-order chi connectivity index (χ1) is 22.4. The predicted octanol–water partition coefficient (Wildman–Crippen LogP) is 10.8. The number of carbonyl (C=O) groups excluding carboxylic acids is 2. The van der Waals surface area contributed by atoms with Crippen molar-refractivity contribution in [3.05, 3.63) is 47.6 Å². The number of nitrogens with zero attached hydrogens (tertiary/aromatic N) is 1. The minimum absolute atomic E-state index is 0.00649. The van der Waals surface area contributed by atoms with Gasteiger partial charge < -0.3 is 13.8 Å². The van der Waals surface area contributed by atoms with Crippen LogP contribution in [0.5, 0.6) is 0 Å². The Morgan fingerprint density at radius 3 is 2.08 bits per heavy atom. The molecular formula is C42H71NO4Si2. The summed E-state index contributed by atoms with van der Waals surface area (Å²) in [6, 6.07) is 0. The topological polar surface area (TPSA) is 55.8 Å². The lowest BCUT2D eigenvalue weighted by Gasteiger charge is -2.45. The molecule has 0 aromatic carbocycles. The molecule has 5 nitrogen and oxygen atoms in total. The highest BCUT2D eigenvalue weighted by atomic mass is 28.4. The van der Waals surface area contributed by atoms with E-state index in [1.165, 1.54) is 31.3 Å². The molecule has 0 aromatic rings. The second kappa shape index (κ2) is 14.1. The van der Waals surface area contributed by atoms with Crippen molar-refractivity contribution in [3.8, 4) is 0 Å². The van der Waals surface area contributed by atoms with Crippen LogP contribution < -0.4 is 0 Å². The fraction of sp³-hybridized carbons (Fsp3) is 0.762. The van der Waals surface area contributed by atoms with E-state index in [1.807, 2.05) is 0 Å². The van der Waals surface area contributed by atoms with Gasteiger partial charge in [0.1, 0.15) is 5.41 Å². The third-order valence-corrected chi connectivity index (χ3v) is 23.0. The van der Waals surface area contributed by atoms with Crippen LogP contribution in [0.4, 0.5) is 0 Å². The maximum absolute atomic E-state index is 13.2. The molecule has 0 radical (unpaired) electrons. The lowest BCUT2D eigenvalue weighted by molar-refractivity contribution is -0.139. The molecule has 0 aliphatic heterocycles. The Balaban J connectivity index is 1.56. The van der Waals surface area contributed by atoms with E-state index in [1.54, 1.807) is 30.6 Å². The zero-order valence-corrected chi connectivity index (χ0v) is 35.8. The van der Waals surface area contributed by atoms with Crippen LogP contribution in [-0.2, 0) is 18.4 Å². The summed E-state index contributed by atoms with van der Waals surface area (Å²) in [6.45, 7) is 32.8. The zero-order chi connectivity index (χ0) is 37.0. The van der Waals surface area contributed by atoms with Crippen molar-refractivity contribution in [1.29, 1.82) is 0 Å². The van der Waals surface area contributed by atoms with Crippen molar-refractivity contribution in [1.82, 2.24) is 4.90 Å². The molecule has 0 spiro atoms. The fourth-order valence-electron chi connectivity index (χ4n) is 8.56. The van der Waals surface area contributed by atoms with Gasteiger partial charge in [-0.25, -0.2) is 0 Å². The number of fused-ring (bicyclic) bond motifs is 1. The van der Waals surface area contributed by atoms with Gasteiger partial charge in [0, 0.05) is 20.5 Å². The molecule has 0 aromatic heterocycles. The molecule has 0 N–H and O–H groups in total. The lowest BCUT2D eigenvalue weighted by atomic mass is 9.61. The van der Waals surface area contributed by atoms with Gasteiger partial charge in [-0.2, -0.15) is 0 Å². The van der Waals surface area contributed by atoms with Crippen molar-refractivity contribution in [2.24, 2.45) is 28.6 Å². The standard InChI is InChI=1S/C42H71NO4Si2/c1-29(18-23-37(44)42(25-26-42)38(45)43(10)11)34-21-22-35-31(17-16-24-41(34,35)9)19-20-32-27-33(46-48(12,13)39(3,4)5)28-36(30(32)2)47-49(14,15)40(6,7)8/h18-20,23,29,33-36H,2,16-17,21-22,24-28H2,1,3-15H3/b23-18+,31-19+,32-20+/t29-,33-,34-,35+,36+,41-/m1/s1. The van der Waals surface area contributed by atoms with Crippen LogP contribution in [0.2, 0.25) is 36.3 Å². The Morgan fingerprint density at radius 1 is 0.939 bits per heavy atom. The maximum atomic E-state index is 13.2. The molecule has 49 heavy (non-hydrogen) atoms. The van der Waals surface area contributed by atoms with E-state index in [0.717, 1.165) is 24.8 Å². The second-order valence-electron chi connectivity index (χ2n) is 19.7. The molecule has 4 aliphatic rings. The van der Waals surface area contributed by atoms with Gasteiger partial charge in [0.25, 0.3) is 0 Å². The normalized spacial score (nSPS) is 31.7. The summed E-state index contributed by atoms with van der Waals surface area (Å²) in [4.78, 5) is 27.5. The third kappa shape index (κ3) is 8.25. The molecular weight excluding hydrogens is 639 g/mol. The van der Waals surface area contributed by atoms with E-state index in [0.29, 0.717) is 30.6 Å². The van der Waals surface area contributed by atoms with Crippen molar-refractivity contribution in [2.75, 3.05) is 14.1 Å². The molecule has 6 atom stereocenters. The van der Waals surface area contributed by atoms with Gasteiger partial charge in [0.05, 0.1) is 12.2 Å². The van der Waals surface area contributed by atoms with E-state index in [9.17, 15) is 9.59 Å². The molecule has 0 saturated heterocycles. The second-order valence-corrected chi connectivity index (χ2v) is 29.2. The number of hydrogen-bond donors (Lipinski definition) is 0. The molecule has 0 bridgehead atoms. The first-order valence-corrected chi connectivity index (χ1v) is 25.1. The van der Waals surface area contributed by atoms with Crippen LogP contribution in [0.3, 0.4) is 0 Å². The third-order valence-electron chi connectivity index (χ3n) is 14.0. The molecule has 4 aliphatic carbocycles. The number of allylic oxidation sites excluding steroid dienone is 5. The molecule has 4 saturated carbocycles. The van der Waals surface area contributed by atoms with Crippen LogP contribution in [0.15, 0.2) is 47.6 Å². The first-order valence-electron chi connectivity index (χ1n) is 19.2. The van der Waals surface area contributed by atoms with Crippen LogP contribution in [-0.4, -0.2) is 59.5 Å². The summed E-state index contributed by atoms with van der Waals surface area (Å²) in [5.41, 5.74) is 3.42. The van der Waals surface area contributed by atoms with Crippen LogP contribution >= 0.6 is 0 Å². The predicted molar refractivity (Wildman–Crippen MR) is 211 cm³/mol. The SMILES string of the molecule is C=C1/C(=C/C=C2\CCC[C@]3(C)[C@@H]([C@H](C)/C=C/C(=O)C4(C(=O)N(C)C)CC4)CC[C@@H]23)C[C@@H](O[Si](C)(C)C(C)(C)C)C[C@@H]1O[Si](C)(C)C(C)(C)C. The quantitative estimate of drug-likeness (QED) is 0.129. The summed E-state index contributed by atoms with van der Waals surface area (Å²) in [6.07, 6.45) is 17.9. The smallest absolute Gasteiger partial charge is 0.236 e. The number of amides is 1. The number of ketones is 1. The number of hydrogen-bond acceptors (Lipinski definition) is 4. The summed E-state index contributed by atoms with van der Waals surface area (Å²) < 4.78 is 14.2. The van der Waals surface area contributed by atoms with Crippen LogP contribution in [0.25, 0.3) is 0 Å². The van der Waals surface area contributed by atoms with Crippen LogP contribution in [0.1, 0.15) is 113 Å². The van der Waals surface area contributed by atoms with E-state index in [2.05, 4.69) is 106 Å². The van der Waals surface area contributed by atoms with Crippen molar-refractivity contribution in [2.45, 2.75) is 162 Å². The van der Waals surface area contributed by atoms with Gasteiger partial charge in [-0.15, -0.1) is 0 Å². The Kier molecular flexibility index (Phi) is 11.6. The molecule has 0 heterocycles. The van der Waals surface area contributed by atoms with Crippen LogP contribution in [0, 0.1) is 28.6 Å². The fourth-order valence-corrected chi connectivity index (χ4v) is 11.2. The highest BCUT2D eigenvalue weighted by Crippen LogP contribution is 2.60. The first kappa shape index (κ1) is 40.2. The molecule has 0 unspecified atom stereocenters. The molecule has 4 rings (SSSR count). The largest absolute Gasteiger partial charge is 0.413 e. The van der Waals surface area contributed by atoms with E-state index >= 15 is 0 Å². The van der Waals surface area contributed by atoms with E-state index < -0.39 is 22.0 Å². The molecule has 276 valence electrons. The monoisotopic (exact) mass is 709 g/mol. The zero-order valence-electron chi connectivity index (χ0n) is 33.8. The molecule has 4 fully saturated rings. The van der Waals surface area contributed by atoms with Gasteiger partial charge in [-0.05, 0) is 128 Å². The lowest BCUT2D eigenvalue weighted by Crippen LogP contribution is -2.49.